The average molecular weight is 559 g/mol. The van der Waals surface area contributed by atoms with Gasteiger partial charge in [0.05, 0.1) is 47.3 Å². The van der Waals surface area contributed by atoms with E-state index in [1.807, 2.05) is 49.5 Å². The van der Waals surface area contributed by atoms with Crippen LogP contribution in [-0.4, -0.2) is 62.3 Å². The molecule has 0 fully saturated rings. The maximum absolute atomic E-state index is 12.9. The van der Waals surface area contributed by atoms with Crippen LogP contribution in [0.2, 0.25) is 0 Å². The number of nitrogens with one attached hydrogen (secondary N) is 1. The van der Waals surface area contributed by atoms with Crippen LogP contribution in [0.5, 0.6) is 0 Å². The van der Waals surface area contributed by atoms with Gasteiger partial charge in [0.25, 0.3) is 5.91 Å². The van der Waals surface area contributed by atoms with Crippen molar-refractivity contribution in [3.05, 3.63) is 77.2 Å². The van der Waals surface area contributed by atoms with E-state index in [4.69, 9.17) is 9.72 Å². The SMILES string of the molecule is CN(C)c1nccc2c1CCCN2c1ccc2cnc(CNC(=O)c3ccc4c(c3)S(=O)(=O)CCOC4)cc2n1. The lowest BCUT2D eigenvalue weighted by molar-refractivity contribution is 0.0950. The molecule has 1 amide bonds. The molecular formula is C29H30N6O4S. The zero-order valence-corrected chi connectivity index (χ0v) is 23.2. The lowest BCUT2D eigenvalue weighted by atomic mass is 10.0. The molecule has 0 radical (unpaired) electrons. The molecule has 206 valence electrons. The topological polar surface area (TPSA) is 118 Å². The highest BCUT2D eigenvalue weighted by Gasteiger charge is 2.25. The summed E-state index contributed by atoms with van der Waals surface area (Å²) in [6, 6.07) is 12.6. The number of sulfone groups is 1. The Morgan fingerprint density at radius 3 is 2.85 bits per heavy atom. The van der Waals surface area contributed by atoms with E-state index in [0.717, 1.165) is 47.6 Å². The zero-order chi connectivity index (χ0) is 27.9. The van der Waals surface area contributed by atoms with Gasteiger partial charge in [-0.1, -0.05) is 6.07 Å². The number of hydrogen-bond acceptors (Lipinski definition) is 9. The highest BCUT2D eigenvalue weighted by molar-refractivity contribution is 7.91. The number of carbonyl (C=O) groups is 1. The molecule has 3 aromatic heterocycles. The number of aromatic nitrogens is 3. The van der Waals surface area contributed by atoms with E-state index in [2.05, 4.69) is 20.2 Å². The fourth-order valence-corrected chi connectivity index (χ4v) is 6.64. The third kappa shape index (κ3) is 4.98. The molecule has 10 nitrogen and oxygen atoms in total. The third-order valence-corrected chi connectivity index (χ3v) is 9.03. The smallest absolute Gasteiger partial charge is 0.251 e. The molecule has 0 saturated heterocycles. The molecule has 0 bridgehead atoms. The van der Waals surface area contributed by atoms with Crippen LogP contribution in [-0.2, 0) is 34.1 Å². The number of carbonyl (C=O) groups excluding carboxylic acids is 1. The van der Waals surface area contributed by atoms with Crippen LogP contribution in [0.4, 0.5) is 17.3 Å². The van der Waals surface area contributed by atoms with Crippen LogP contribution in [0.3, 0.4) is 0 Å². The van der Waals surface area contributed by atoms with Crippen LogP contribution in [0.1, 0.15) is 33.6 Å². The summed E-state index contributed by atoms with van der Waals surface area (Å²) in [5.41, 5.74) is 4.62. The summed E-state index contributed by atoms with van der Waals surface area (Å²) in [7, 11) is 0.513. The Bertz CT molecular complexity index is 1720. The first kappa shape index (κ1) is 26.1. The maximum atomic E-state index is 12.9. The quantitative estimate of drug-likeness (QED) is 0.393. The Kier molecular flexibility index (Phi) is 6.85. The molecule has 1 N–H and O–H groups in total. The minimum atomic E-state index is -3.50. The average Bonchev–Trinajstić information content (AvgIpc) is 3.11. The Labute approximate surface area is 232 Å². The predicted molar refractivity (Wildman–Crippen MR) is 153 cm³/mol. The summed E-state index contributed by atoms with van der Waals surface area (Å²) >= 11 is 0. The van der Waals surface area contributed by atoms with Gasteiger partial charge in [0.2, 0.25) is 0 Å². The number of anilines is 3. The summed E-state index contributed by atoms with van der Waals surface area (Å²) in [6.45, 7) is 1.39. The number of nitrogens with zero attached hydrogens (tertiary/aromatic N) is 5. The van der Waals surface area contributed by atoms with Crippen molar-refractivity contribution in [1.82, 2.24) is 20.3 Å². The summed E-state index contributed by atoms with van der Waals surface area (Å²) in [5.74, 6) is 1.35. The van der Waals surface area contributed by atoms with Crippen LogP contribution in [0.25, 0.3) is 10.9 Å². The summed E-state index contributed by atoms with van der Waals surface area (Å²) in [4.78, 5) is 31.4. The van der Waals surface area contributed by atoms with E-state index < -0.39 is 9.84 Å². The molecule has 40 heavy (non-hydrogen) atoms. The molecule has 0 aliphatic carbocycles. The van der Waals surface area contributed by atoms with Gasteiger partial charge in [-0.15, -0.1) is 0 Å². The van der Waals surface area contributed by atoms with Crippen LogP contribution >= 0.6 is 0 Å². The fourth-order valence-electron chi connectivity index (χ4n) is 5.25. The van der Waals surface area contributed by atoms with Crippen molar-refractivity contribution in [2.75, 3.05) is 42.8 Å². The number of pyridine rings is 3. The summed E-state index contributed by atoms with van der Waals surface area (Å²) in [6.07, 6.45) is 5.56. The number of hydrogen-bond donors (Lipinski definition) is 1. The standard InChI is InChI=1S/C29H30N6O4S/c1-34(2)28-23-4-3-11-35(25(23)9-10-30-28)27-8-7-20-16-31-22(15-24(20)33-27)17-32-29(36)19-5-6-21-18-39-12-13-40(37,38)26(21)14-19/h5-10,14-16H,3-4,11-13,17-18H2,1-2H3,(H,32,36). The Morgan fingerprint density at radius 2 is 2.00 bits per heavy atom. The largest absolute Gasteiger partial charge is 0.376 e. The number of amides is 1. The minimum Gasteiger partial charge on any atom is -0.376 e. The number of ether oxygens (including phenoxy) is 1. The van der Waals surface area contributed by atoms with Crippen LogP contribution in [0, 0.1) is 0 Å². The number of fused-ring (bicyclic) bond motifs is 3. The van der Waals surface area contributed by atoms with E-state index in [1.165, 1.54) is 11.6 Å². The lowest BCUT2D eigenvalue weighted by Crippen LogP contribution is -2.27. The van der Waals surface area contributed by atoms with Crippen molar-refractivity contribution in [3.63, 3.8) is 0 Å². The van der Waals surface area contributed by atoms with Crippen LogP contribution < -0.4 is 15.1 Å². The van der Waals surface area contributed by atoms with Crippen molar-refractivity contribution in [1.29, 1.82) is 0 Å². The van der Waals surface area contributed by atoms with Gasteiger partial charge in [-0.05, 0) is 54.8 Å². The Balaban J connectivity index is 1.23. The second kappa shape index (κ2) is 10.5. The van der Waals surface area contributed by atoms with E-state index in [1.54, 1.807) is 18.3 Å². The zero-order valence-electron chi connectivity index (χ0n) is 22.4. The normalized spacial score (nSPS) is 16.1. The molecule has 5 heterocycles. The van der Waals surface area contributed by atoms with Crippen molar-refractivity contribution >= 4 is 44.0 Å². The number of rotatable bonds is 5. The van der Waals surface area contributed by atoms with E-state index >= 15 is 0 Å². The highest BCUT2D eigenvalue weighted by atomic mass is 32.2. The summed E-state index contributed by atoms with van der Waals surface area (Å²) in [5, 5.41) is 3.76. The lowest BCUT2D eigenvalue weighted by Gasteiger charge is -2.32. The van der Waals surface area contributed by atoms with Crippen molar-refractivity contribution in [2.24, 2.45) is 0 Å². The molecule has 2 aliphatic rings. The van der Waals surface area contributed by atoms with Crippen molar-refractivity contribution < 1.29 is 17.9 Å². The molecular weight excluding hydrogens is 528 g/mol. The molecule has 2 aliphatic heterocycles. The van der Waals surface area contributed by atoms with Gasteiger partial charge < -0.3 is 19.9 Å². The molecule has 0 unspecified atom stereocenters. The Hall–Kier alpha value is -4.09. The fraction of sp³-hybridized carbons (Fsp3) is 0.310. The Morgan fingerprint density at radius 1 is 1.12 bits per heavy atom. The first-order chi connectivity index (χ1) is 19.3. The van der Waals surface area contributed by atoms with Gasteiger partial charge in [0, 0.05) is 49.5 Å². The second-order valence-corrected chi connectivity index (χ2v) is 12.3. The van der Waals surface area contributed by atoms with Gasteiger partial charge in [-0.25, -0.2) is 18.4 Å². The first-order valence-corrected chi connectivity index (χ1v) is 14.9. The number of benzene rings is 1. The first-order valence-electron chi connectivity index (χ1n) is 13.2. The monoisotopic (exact) mass is 558 g/mol. The van der Waals surface area contributed by atoms with Gasteiger partial charge >= 0.3 is 0 Å². The minimum absolute atomic E-state index is 0.0994. The molecule has 1 aromatic carbocycles. The van der Waals surface area contributed by atoms with Gasteiger partial charge in [0.15, 0.2) is 9.84 Å². The van der Waals surface area contributed by atoms with Crippen LogP contribution in [0.15, 0.2) is 59.8 Å². The highest BCUT2D eigenvalue weighted by Crippen LogP contribution is 2.36. The molecule has 0 spiro atoms. The molecule has 11 heteroatoms. The molecule has 0 saturated carbocycles. The van der Waals surface area contributed by atoms with Gasteiger partial charge in [-0.2, -0.15) is 0 Å². The van der Waals surface area contributed by atoms with E-state index in [9.17, 15) is 13.2 Å². The van der Waals surface area contributed by atoms with E-state index in [0.29, 0.717) is 11.3 Å². The van der Waals surface area contributed by atoms with E-state index in [-0.39, 0.29) is 41.9 Å². The van der Waals surface area contributed by atoms with Gasteiger partial charge in [0.1, 0.15) is 11.6 Å². The summed E-state index contributed by atoms with van der Waals surface area (Å²) < 4.78 is 30.6. The molecule has 4 aromatic rings. The molecule has 0 atom stereocenters. The third-order valence-electron chi connectivity index (χ3n) is 7.27. The van der Waals surface area contributed by atoms with Crippen molar-refractivity contribution in [2.45, 2.75) is 30.9 Å². The maximum Gasteiger partial charge on any atom is 0.251 e. The predicted octanol–water partition coefficient (Wildman–Crippen LogP) is 3.41. The van der Waals surface area contributed by atoms with Gasteiger partial charge in [-0.3, -0.25) is 9.78 Å². The van der Waals surface area contributed by atoms with Crippen molar-refractivity contribution in [3.8, 4) is 0 Å². The molecule has 6 rings (SSSR count). The second-order valence-electron chi connectivity index (χ2n) is 10.2.